The standard InChI is InChI=1S/C13H18N4O2/c1-19-6-2-5-15-13(18)9-17-12-7-11(14)4-3-10(12)8-16-17/h3-4,7-8H,2,5-6,9,14H2,1H3,(H,15,18). The van der Waals surface area contributed by atoms with E-state index in [-0.39, 0.29) is 12.5 Å². The monoisotopic (exact) mass is 262 g/mol. The predicted molar refractivity (Wildman–Crippen MR) is 73.6 cm³/mol. The Labute approximate surface area is 111 Å². The van der Waals surface area contributed by atoms with Gasteiger partial charge in [0.15, 0.2) is 0 Å². The first-order valence-electron chi connectivity index (χ1n) is 6.17. The zero-order valence-corrected chi connectivity index (χ0v) is 10.9. The number of nitrogens with zero attached hydrogens (tertiary/aromatic N) is 2. The van der Waals surface area contributed by atoms with Crippen LogP contribution in [0.4, 0.5) is 5.69 Å². The van der Waals surface area contributed by atoms with E-state index in [9.17, 15) is 4.79 Å². The van der Waals surface area contributed by atoms with E-state index >= 15 is 0 Å². The fraction of sp³-hybridized carbons (Fsp3) is 0.385. The number of nitrogen functional groups attached to an aromatic ring is 1. The molecule has 2 rings (SSSR count). The van der Waals surface area contributed by atoms with Gasteiger partial charge in [-0.1, -0.05) is 0 Å². The number of hydrogen-bond donors (Lipinski definition) is 2. The van der Waals surface area contributed by atoms with Gasteiger partial charge in [0.1, 0.15) is 6.54 Å². The quantitative estimate of drug-likeness (QED) is 0.595. The largest absolute Gasteiger partial charge is 0.399 e. The maximum atomic E-state index is 11.8. The Morgan fingerprint density at radius 2 is 2.37 bits per heavy atom. The Kier molecular flexibility index (Phi) is 4.35. The first-order chi connectivity index (χ1) is 9.20. The van der Waals surface area contributed by atoms with Gasteiger partial charge in [-0.05, 0) is 24.6 Å². The average Bonchev–Trinajstić information content (AvgIpc) is 2.77. The first-order valence-corrected chi connectivity index (χ1v) is 6.17. The van der Waals surface area contributed by atoms with E-state index < -0.39 is 0 Å². The Morgan fingerprint density at radius 1 is 1.53 bits per heavy atom. The van der Waals surface area contributed by atoms with Crippen molar-refractivity contribution in [1.82, 2.24) is 15.1 Å². The number of benzene rings is 1. The molecule has 0 bridgehead atoms. The molecule has 0 saturated heterocycles. The second kappa shape index (κ2) is 6.19. The lowest BCUT2D eigenvalue weighted by molar-refractivity contribution is -0.121. The van der Waals surface area contributed by atoms with Gasteiger partial charge < -0.3 is 15.8 Å². The van der Waals surface area contributed by atoms with Crippen molar-refractivity contribution in [1.29, 1.82) is 0 Å². The number of fused-ring (bicyclic) bond motifs is 1. The number of nitrogens with two attached hydrogens (primary N) is 1. The van der Waals surface area contributed by atoms with Gasteiger partial charge in [-0.2, -0.15) is 5.10 Å². The highest BCUT2D eigenvalue weighted by molar-refractivity contribution is 5.84. The van der Waals surface area contributed by atoms with Crippen LogP contribution in [0.5, 0.6) is 0 Å². The van der Waals surface area contributed by atoms with E-state index in [1.165, 1.54) is 0 Å². The van der Waals surface area contributed by atoms with Crippen LogP contribution in [0.3, 0.4) is 0 Å². The lowest BCUT2D eigenvalue weighted by atomic mass is 10.2. The van der Waals surface area contributed by atoms with Gasteiger partial charge in [0.25, 0.3) is 0 Å². The number of ether oxygens (including phenoxy) is 1. The molecule has 0 radical (unpaired) electrons. The highest BCUT2D eigenvalue weighted by atomic mass is 16.5. The van der Waals surface area contributed by atoms with Crippen LogP contribution in [-0.4, -0.2) is 35.9 Å². The summed E-state index contributed by atoms with van der Waals surface area (Å²) in [7, 11) is 1.64. The van der Waals surface area contributed by atoms with Crippen LogP contribution in [0.25, 0.3) is 10.9 Å². The average molecular weight is 262 g/mol. The van der Waals surface area contributed by atoms with Gasteiger partial charge in [0.2, 0.25) is 5.91 Å². The summed E-state index contributed by atoms with van der Waals surface area (Å²) in [6, 6.07) is 5.53. The molecular weight excluding hydrogens is 244 g/mol. The molecule has 6 nitrogen and oxygen atoms in total. The molecule has 1 aromatic carbocycles. The minimum Gasteiger partial charge on any atom is -0.399 e. The summed E-state index contributed by atoms with van der Waals surface area (Å²) >= 11 is 0. The van der Waals surface area contributed by atoms with E-state index in [2.05, 4.69) is 10.4 Å². The molecule has 3 N–H and O–H groups in total. The Balaban J connectivity index is 1.97. The van der Waals surface area contributed by atoms with Gasteiger partial charge in [-0.25, -0.2) is 0 Å². The molecule has 102 valence electrons. The zero-order valence-electron chi connectivity index (χ0n) is 10.9. The van der Waals surface area contributed by atoms with Crippen molar-refractivity contribution >= 4 is 22.5 Å². The van der Waals surface area contributed by atoms with Gasteiger partial charge in [0.05, 0.1) is 11.7 Å². The number of amides is 1. The van der Waals surface area contributed by atoms with E-state index in [1.54, 1.807) is 18.0 Å². The van der Waals surface area contributed by atoms with Crippen molar-refractivity contribution < 1.29 is 9.53 Å². The van der Waals surface area contributed by atoms with Crippen molar-refractivity contribution in [3.63, 3.8) is 0 Å². The highest BCUT2D eigenvalue weighted by Gasteiger charge is 2.07. The summed E-state index contributed by atoms with van der Waals surface area (Å²) in [5, 5.41) is 7.99. The molecule has 0 aliphatic carbocycles. The van der Waals surface area contributed by atoms with Crippen LogP contribution in [-0.2, 0) is 16.1 Å². The molecule has 19 heavy (non-hydrogen) atoms. The lowest BCUT2D eigenvalue weighted by Crippen LogP contribution is -2.29. The van der Waals surface area contributed by atoms with Crippen molar-refractivity contribution in [3.05, 3.63) is 24.4 Å². The number of aromatic nitrogens is 2. The van der Waals surface area contributed by atoms with Crippen LogP contribution >= 0.6 is 0 Å². The van der Waals surface area contributed by atoms with Crippen LogP contribution in [0.1, 0.15) is 6.42 Å². The Morgan fingerprint density at radius 3 is 3.16 bits per heavy atom. The zero-order chi connectivity index (χ0) is 13.7. The third kappa shape index (κ3) is 3.45. The fourth-order valence-electron chi connectivity index (χ4n) is 1.85. The normalized spacial score (nSPS) is 10.8. The maximum absolute atomic E-state index is 11.8. The second-order valence-electron chi connectivity index (χ2n) is 4.32. The van der Waals surface area contributed by atoms with Crippen molar-refractivity contribution in [2.24, 2.45) is 0 Å². The summed E-state index contributed by atoms with van der Waals surface area (Å²) in [6.45, 7) is 1.44. The molecule has 0 fully saturated rings. The maximum Gasteiger partial charge on any atom is 0.241 e. The highest BCUT2D eigenvalue weighted by Crippen LogP contribution is 2.16. The minimum absolute atomic E-state index is 0.0662. The molecule has 0 aliphatic rings. The summed E-state index contributed by atoms with van der Waals surface area (Å²) in [4.78, 5) is 11.8. The van der Waals surface area contributed by atoms with E-state index in [4.69, 9.17) is 10.5 Å². The molecule has 2 aromatic rings. The molecule has 0 aliphatic heterocycles. The Bertz CT molecular complexity index is 565. The number of methoxy groups -OCH3 is 1. The number of hydrogen-bond acceptors (Lipinski definition) is 4. The summed E-state index contributed by atoms with van der Waals surface area (Å²) < 4.78 is 6.57. The molecule has 0 saturated carbocycles. The lowest BCUT2D eigenvalue weighted by Gasteiger charge is -2.06. The summed E-state index contributed by atoms with van der Waals surface area (Å²) in [6.07, 6.45) is 2.53. The predicted octanol–water partition coefficient (Wildman–Crippen LogP) is 0.771. The number of rotatable bonds is 6. The molecule has 1 aromatic heterocycles. The van der Waals surface area contributed by atoms with Crippen LogP contribution in [0.15, 0.2) is 24.4 Å². The van der Waals surface area contributed by atoms with E-state index in [0.29, 0.717) is 18.8 Å². The fourth-order valence-corrected chi connectivity index (χ4v) is 1.85. The van der Waals surface area contributed by atoms with Crippen molar-refractivity contribution in [2.45, 2.75) is 13.0 Å². The van der Waals surface area contributed by atoms with Gasteiger partial charge in [-0.15, -0.1) is 0 Å². The minimum atomic E-state index is -0.0662. The second-order valence-corrected chi connectivity index (χ2v) is 4.32. The van der Waals surface area contributed by atoms with Gasteiger partial charge in [0, 0.05) is 31.3 Å². The third-order valence-corrected chi connectivity index (χ3v) is 2.81. The van der Waals surface area contributed by atoms with Crippen molar-refractivity contribution in [3.8, 4) is 0 Å². The summed E-state index contributed by atoms with van der Waals surface area (Å²) in [5.74, 6) is -0.0662. The van der Waals surface area contributed by atoms with Gasteiger partial charge in [-0.3, -0.25) is 9.48 Å². The van der Waals surface area contributed by atoms with Crippen LogP contribution < -0.4 is 11.1 Å². The number of carbonyl (C=O) groups excluding carboxylic acids is 1. The van der Waals surface area contributed by atoms with E-state index in [0.717, 1.165) is 17.3 Å². The number of nitrogens with one attached hydrogen (secondary N) is 1. The van der Waals surface area contributed by atoms with Crippen molar-refractivity contribution in [2.75, 3.05) is 26.0 Å². The van der Waals surface area contributed by atoms with Crippen LogP contribution in [0, 0.1) is 0 Å². The molecule has 0 spiro atoms. The van der Waals surface area contributed by atoms with Crippen LogP contribution in [0.2, 0.25) is 0 Å². The first kappa shape index (κ1) is 13.4. The van der Waals surface area contributed by atoms with E-state index in [1.807, 2.05) is 18.2 Å². The third-order valence-electron chi connectivity index (χ3n) is 2.81. The number of anilines is 1. The molecule has 1 amide bonds. The SMILES string of the molecule is COCCCNC(=O)Cn1ncc2ccc(N)cc21. The molecule has 0 atom stereocenters. The topological polar surface area (TPSA) is 82.2 Å². The molecule has 1 heterocycles. The molecule has 0 unspecified atom stereocenters. The molecule has 6 heteroatoms. The van der Waals surface area contributed by atoms with Gasteiger partial charge >= 0.3 is 0 Å². The summed E-state index contributed by atoms with van der Waals surface area (Å²) in [5.41, 5.74) is 7.27. The molecular formula is C13H18N4O2. The number of carbonyl (C=O) groups is 1. The smallest absolute Gasteiger partial charge is 0.241 e. The Hall–Kier alpha value is -2.08.